The summed E-state index contributed by atoms with van der Waals surface area (Å²) in [5.41, 5.74) is 2.27. The molecule has 1 aromatic rings. The highest BCUT2D eigenvalue weighted by Crippen LogP contribution is 2.27. The molecule has 0 saturated carbocycles. The number of aliphatic hydroxyl groups is 1. The molecule has 21 heavy (non-hydrogen) atoms. The highest BCUT2D eigenvalue weighted by molar-refractivity contribution is 7.89. The van der Waals surface area contributed by atoms with Crippen molar-refractivity contribution in [2.24, 2.45) is 5.92 Å². The predicted octanol–water partition coefficient (Wildman–Crippen LogP) is 1.07. The maximum absolute atomic E-state index is 12.8. The van der Waals surface area contributed by atoms with Gasteiger partial charge in [0, 0.05) is 32.8 Å². The molecular formula is C15H22N2O3S. The molecule has 0 spiro atoms. The molecule has 2 aliphatic heterocycles. The number of nitrogens with zero attached hydrogens (tertiary/aromatic N) is 1. The van der Waals surface area contributed by atoms with Crippen molar-refractivity contribution in [2.45, 2.75) is 37.2 Å². The van der Waals surface area contributed by atoms with Crippen LogP contribution in [0.5, 0.6) is 0 Å². The summed E-state index contributed by atoms with van der Waals surface area (Å²) < 4.78 is 27.1. The molecule has 1 fully saturated rings. The number of sulfonamides is 1. The zero-order valence-corrected chi connectivity index (χ0v) is 12.9. The van der Waals surface area contributed by atoms with Crippen molar-refractivity contribution in [1.82, 2.24) is 9.62 Å². The average Bonchev–Trinajstić information content (AvgIpc) is 2.95. The molecule has 6 heteroatoms. The highest BCUT2D eigenvalue weighted by Gasteiger charge is 2.30. The third-order valence-corrected chi connectivity index (χ3v) is 6.33. The molecule has 1 atom stereocenters. The SMILES string of the molecule is O=S(=O)(c1ccc2c(c1)CNC2)N1CCCC(CCO)C1. The van der Waals surface area contributed by atoms with Gasteiger partial charge in [-0.2, -0.15) is 4.31 Å². The standard InChI is InChI=1S/C15H22N2O3S/c18-7-5-12-2-1-6-17(11-12)21(19,20)15-4-3-13-9-16-10-14(13)8-15/h3-4,8,12,16,18H,1-2,5-7,9-11H2. The van der Waals surface area contributed by atoms with Gasteiger partial charge in [0.2, 0.25) is 10.0 Å². The lowest BCUT2D eigenvalue weighted by molar-refractivity contribution is 0.203. The van der Waals surface area contributed by atoms with Crippen molar-refractivity contribution in [3.8, 4) is 0 Å². The molecular weight excluding hydrogens is 288 g/mol. The van der Waals surface area contributed by atoms with Gasteiger partial charge in [-0.1, -0.05) is 6.07 Å². The largest absolute Gasteiger partial charge is 0.396 e. The van der Waals surface area contributed by atoms with Gasteiger partial charge in [0.1, 0.15) is 0 Å². The van der Waals surface area contributed by atoms with Gasteiger partial charge in [-0.15, -0.1) is 0 Å². The first-order chi connectivity index (χ1) is 10.1. The summed E-state index contributed by atoms with van der Waals surface area (Å²) in [6.07, 6.45) is 2.55. The van der Waals surface area contributed by atoms with Gasteiger partial charge in [0.15, 0.2) is 0 Å². The second-order valence-electron chi connectivity index (χ2n) is 5.92. The van der Waals surface area contributed by atoms with Crippen LogP contribution >= 0.6 is 0 Å². The summed E-state index contributed by atoms with van der Waals surface area (Å²) in [6, 6.07) is 5.44. The normalized spacial score (nSPS) is 23.2. The second-order valence-corrected chi connectivity index (χ2v) is 7.86. The number of fused-ring (bicyclic) bond motifs is 1. The molecule has 3 rings (SSSR count). The summed E-state index contributed by atoms with van der Waals surface area (Å²) in [5, 5.41) is 12.3. The Labute approximate surface area is 126 Å². The molecule has 1 unspecified atom stereocenters. The predicted molar refractivity (Wildman–Crippen MR) is 80.2 cm³/mol. The minimum absolute atomic E-state index is 0.128. The zero-order valence-electron chi connectivity index (χ0n) is 12.1. The summed E-state index contributed by atoms with van der Waals surface area (Å²) in [7, 11) is -3.41. The number of rotatable bonds is 4. The third kappa shape index (κ3) is 2.99. The van der Waals surface area contributed by atoms with Crippen molar-refractivity contribution in [1.29, 1.82) is 0 Å². The fourth-order valence-corrected chi connectivity index (χ4v) is 4.85. The van der Waals surface area contributed by atoms with Crippen molar-refractivity contribution in [3.05, 3.63) is 29.3 Å². The number of hydrogen-bond donors (Lipinski definition) is 2. The van der Waals surface area contributed by atoms with Gasteiger partial charge >= 0.3 is 0 Å². The minimum Gasteiger partial charge on any atom is -0.396 e. The number of benzene rings is 1. The lowest BCUT2D eigenvalue weighted by Gasteiger charge is -2.31. The van der Waals surface area contributed by atoms with Gasteiger partial charge in [-0.3, -0.25) is 0 Å². The van der Waals surface area contributed by atoms with E-state index in [9.17, 15) is 8.42 Å². The highest BCUT2D eigenvalue weighted by atomic mass is 32.2. The molecule has 0 bridgehead atoms. The molecule has 2 heterocycles. The van der Waals surface area contributed by atoms with E-state index in [2.05, 4.69) is 5.32 Å². The molecule has 0 amide bonds. The van der Waals surface area contributed by atoms with Crippen molar-refractivity contribution >= 4 is 10.0 Å². The Morgan fingerprint density at radius 1 is 1.29 bits per heavy atom. The first-order valence-electron chi connectivity index (χ1n) is 7.55. The minimum atomic E-state index is -3.41. The van der Waals surface area contributed by atoms with E-state index in [0.29, 0.717) is 24.4 Å². The van der Waals surface area contributed by atoms with E-state index in [1.54, 1.807) is 16.4 Å². The molecule has 0 radical (unpaired) electrons. The Kier molecular flexibility index (Phi) is 4.31. The first kappa shape index (κ1) is 15.0. The number of aliphatic hydroxyl groups excluding tert-OH is 1. The van der Waals surface area contributed by atoms with E-state index >= 15 is 0 Å². The summed E-state index contributed by atoms with van der Waals surface area (Å²) in [4.78, 5) is 0.398. The third-order valence-electron chi connectivity index (χ3n) is 4.47. The quantitative estimate of drug-likeness (QED) is 0.873. The van der Waals surface area contributed by atoms with E-state index < -0.39 is 10.0 Å². The van der Waals surface area contributed by atoms with Crippen LogP contribution < -0.4 is 5.32 Å². The van der Waals surface area contributed by atoms with Gasteiger partial charge in [0.05, 0.1) is 4.90 Å². The van der Waals surface area contributed by atoms with Crippen molar-refractivity contribution in [2.75, 3.05) is 19.7 Å². The second kappa shape index (κ2) is 6.04. The lowest BCUT2D eigenvalue weighted by Crippen LogP contribution is -2.40. The van der Waals surface area contributed by atoms with Crippen LogP contribution in [0, 0.1) is 5.92 Å². The number of nitrogens with one attached hydrogen (secondary N) is 1. The smallest absolute Gasteiger partial charge is 0.243 e. The zero-order chi connectivity index (χ0) is 14.9. The van der Waals surface area contributed by atoms with Crippen LogP contribution in [0.2, 0.25) is 0 Å². The summed E-state index contributed by atoms with van der Waals surface area (Å²) in [6.45, 7) is 2.80. The van der Waals surface area contributed by atoms with E-state index in [4.69, 9.17) is 5.11 Å². The number of piperidine rings is 1. The lowest BCUT2D eigenvalue weighted by atomic mass is 9.97. The Balaban J connectivity index is 1.83. The van der Waals surface area contributed by atoms with Crippen LogP contribution in [0.25, 0.3) is 0 Å². The van der Waals surface area contributed by atoms with Gasteiger partial charge in [-0.05, 0) is 48.4 Å². The monoisotopic (exact) mass is 310 g/mol. The topological polar surface area (TPSA) is 69.6 Å². The van der Waals surface area contributed by atoms with Crippen LogP contribution in [0.4, 0.5) is 0 Å². The molecule has 5 nitrogen and oxygen atoms in total. The molecule has 116 valence electrons. The van der Waals surface area contributed by atoms with Crippen molar-refractivity contribution in [3.63, 3.8) is 0 Å². The first-order valence-corrected chi connectivity index (χ1v) is 8.99. The van der Waals surface area contributed by atoms with E-state index in [0.717, 1.165) is 31.5 Å². The van der Waals surface area contributed by atoms with Gasteiger partial charge in [0.25, 0.3) is 0 Å². The maximum Gasteiger partial charge on any atom is 0.243 e. The van der Waals surface area contributed by atoms with E-state index in [1.165, 1.54) is 5.56 Å². The van der Waals surface area contributed by atoms with Crippen LogP contribution in [-0.2, 0) is 23.1 Å². The molecule has 1 saturated heterocycles. The number of hydrogen-bond acceptors (Lipinski definition) is 4. The van der Waals surface area contributed by atoms with Crippen LogP contribution in [0.3, 0.4) is 0 Å². The maximum atomic E-state index is 12.8. The van der Waals surface area contributed by atoms with Gasteiger partial charge in [-0.25, -0.2) is 8.42 Å². The summed E-state index contributed by atoms with van der Waals surface area (Å²) >= 11 is 0. The fraction of sp³-hybridized carbons (Fsp3) is 0.600. The van der Waals surface area contributed by atoms with Crippen LogP contribution in [0.1, 0.15) is 30.4 Å². The van der Waals surface area contributed by atoms with E-state index in [-0.39, 0.29) is 12.5 Å². The van der Waals surface area contributed by atoms with Crippen LogP contribution in [-0.4, -0.2) is 37.5 Å². The Hall–Kier alpha value is -0.950. The molecule has 0 aromatic heterocycles. The van der Waals surface area contributed by atoms with Gasteiger partial charge < -0.3 is 10.4 Å². The Morgan fingerprint density at radius 2 is 2.10 bits per heavy atom. The summed E-state index contributed by atoms with van der Waals surface area (Å²) in [5.74, 6) is 0.273. The van der Waals surface area contributed by atoms with Crippen LogP contribution in [0.15, 0.2) is 23.1 Å². The molecule has 2 N–H and O–H groups in total. The Bertz CT molecular complexity index is 613. The Morgan fingerprint density at radius 3 is 2.90 bits per heavy atom. The molecule has 0 aliphatic carbocycles. The van der Waals surface area contributed by atoms with Crippen molar-refractivity contribution < 1.29 is 13.5 Å². The molecule has 1 aromatic carbocycles. The van der Waals surface area contributed by atoms with E-state index in [1.807, 2.05) is 6.07 Å². The molecule has 2 aliphatic rings. The average molecular weight is 310 g/mol. The fourth-order valence-electron chi connectivity index (χ4n) is 3.24.